The Labute approximate surface area is 214 Å². The fourth-order valence-corrected chi connectivity index (χ4v) is 4.62. The van der Waals surface area contributed by atoms with Gasteiger partial charge in [-0.15, -0.1) is 0 Å². The van der Waals surface area contributed by atoms with Crippen molar-refractivity contribution in [2.75, 3.05) is 5.32 Å². The number of phenolic OH excluding ortho intramolecular Hbond substituents is 1. The van der Waals surface area contributed by atoms with Crippen LogP contribution < -0.4 is 5.32 Å². The van der Waals surface area contributed by atoms with Crippen LogP contribution in [0.5, 0.6) is 5.75 Å². The third-order valence-corrected chi connectivity index (χ3v) is 6.65. The van der Waals surface area contributed by atoms with Gasteiger partial charge in [-0.1, -0.05) is 0 Å². The maximum absolute atomic E-state index is 14.0. The number of phenols is 1. The number of hydrogen-bond donors (Lipinski definition) is 4. The second-order valence-corrected chi connectivity index (χ2v) is 9.42. The topological polar surface area (TPSA) is 132 Å². The van der Waals surface area contributed by atoms with E-state index >= 15 is 0 Å². The number of hydrogen-bond acceptors (Lipinski definition) is 6. The molecule has 38 heavy (non-hydrogen) atoms. The number of aromatic nitrogens is 6. The van der Waals surface area contributed by atoms with Crippen LogP contribution in [0.1, 0.15) is 12.8 Å². The molecule has 186 valence electrons. The summed E-state index contributed by atoms with van der Waals surface area (Å²) in [4.78, 5) is 28.9. The quantitative estimate of drug-likeness (QED) is 0.247. The minimum atomic E-state index is -0.534. The molecule has 1 aliphatic rings. The van der Waals surface area contributed by atoms with Crippen LogP contribution in [0.4, 0.5) is 10.1 Å². The molecule has 4 N–H and O–H groups in total. The first-order chi connectivity index (χ1) is 18.5. The molecular weight excluding hydrogens is 485 g/mol. The van der Waals surface area contributed by atoms with E-state index in [0.29, 0.717) is 39.4 Å². The Bertz CT molecular complexity index is 1850. The van der Waals surface area contributed by atoms with Crippen molar-refractivity contribution >= 4 is 33.5 Å². The highest BCUT2D eigenvalue weighted by Gasteiger charge is 2.29. The number of nitrogens with one attached hydrogen (secondary N) is 3. The van der Waals surface area contributed by atoms with E-state index < -0.39 is 5.82 Å². The lowest BCUT2D eigenvalue weighted by Crippen LogP contribution is -2.13. The molecule has 1 fully saturated rings. The van der Waals surface area contributed by atoms with Gasteiger partial charge in [-0.05, 0) is 54.8 Å². The van der Waals surface area contributed by atoms with Gasteiger partial charge in [0.15, 0.2) is 0 Å². The van der Waals surface area contributed by atoms with Crippen molar-refractivity contribution in [2.24, 2.45) is 5.92 Å². The Hall–Kier alpha value is -5.12. The van der Waals surface area contributed by atoms with Gasteiger partial charge in [0.1, 0.15) is 22.8 Å². The monoisotopic (exact) mass is 505 g/mol. The van der Waals surface area contributed by atoms with Gasteiger partial charge >= 0.3 is 0 Å². The molecule has 0 unspecified atom stereocenters. The predicted molar refractivity (Wildman–Crippen MR) is 141 cm³/mol. The molecule has 10 heteroatoms. The first-order valence-electron chi connectivity index (χ1n) is 12.1. The third kappa shape index (κ3) is 3.92. The number of amides is 1. The largest absolute Gasteiger partial charge is 0.508 e. The standard InChI is InChI=1S/C28H20FN7O2/c29-17-5-15(7-19(37)8-17)21-12-31-13-25-20(21)9-24(33-25)27-26-23(35-36-27)4-3-22(34-26)16-6-18(11-30-10-16)32-28(38)14-1-2-14/h3-14,33,37H,1-2H2,(H,32,38)(H,35,36). The lowest BCUT2D eigenvalue weighted by molar-refractivity contribution is -0.117. The second-order valence-electron chi connectivity index (χ2n) is 9.42. The van der Waals surface area contributed by atoms with Crippen molar-refractivity contribution in [1.29, 1.82) is 0 Å². The van der Waals surface area contributed by atoms with Crippen LogP contribution in [0.25, 0.3) is 55.7 Å². The molecule has 1 saturated carbocycles. The van der Waals surface area contributed by atoms with Crippen LogP contribution in [0, 0.1) is 11.7 Å². The fourth-order valence-electron chi connectivity index (χ4n) is 4.62. The molecule has 1 aromatic carbocycles. The van der Waals surface area contributed by atoms with Gasteiger partial charge in [0.2, 0.25) is 5.91 Å². The molecule has 0 spiro atoms. The van der Waals surface area contributed by atoms with E-state index in [2.05, 4.69) is 30.5 Å². The molecule has 0 atom stereocenters. The molecule has 1 amide bonds. The van der Waals surface area contributed by atoms with Gasteiger partial charge in [0.25, 0.3) is 0 Å². The number of halogens is 1. The van der Waals surface area contributed by atoms with Crippen LogP contribution in [0.3, 0.4) is 0 Å². The summed E-state index contributed by atoms with van der Waals surface area (Å²) < 4.78 is 14.0. The van der Waals surface area contributed by atoms with Crippen molar-refractivity contribution in [2.45, 2.75) is 12.8 Å². The molecule has 5 aromatic heterocycles. The summed E-state index contributed by atoms with van der Waals surface area (Å²) in [6.07, 6.45) is 8.50. The van der Waals surface area contributed by atoms with E-state index in [1.54, 1.807) is 24.8 Å². The van der Waals surface area contributed by atoms with E-state index in [-0.39, 0.29) is 17.6 Å². The highest BCUT2D eigenvalue weighted by atomic mass is 19.1. The van der Waals surface area contributed by atoms with Crippen LogP contribution in [-0.4, -0.2) is 41.1 Å². The zero-order chi connectivity index (χ0) is 25.8. The van der Waals surface area contributed by atoms with Crippen molar-refractivity contribution in [3.63, 3.8) is 0 Å². The number of aromatic amines is 2. The normalized spacial score (nSPS) is 13.3. The molecule has 1 aliphatic carbocycles. The first kappa shape index (κ1) is 22.1. The van der Waals surface area contributed by atoms with Crippen LogP contribution in [0.2, 0.25) is 0 Å². The molecule has 5 heterocycles. The minimum Gasteiger partial charge on any atom is -0.508 e. The predicted octanol–water partition coefficient (Wildman–Crippen LogP) is 5.42. The Morgan fingerprint density at radius 2 is 1.84 bits per heavy atom. The summed E-state index contributed by atoms with van der Waals surface area (Å²) in [6.45, 7) is 0. The van der Waals surface area contributed by atoms with Crippen LogP contribution >= 0.6 is 0 Å². The summed E-state index contributed by atoms with van der Waals surface area (Å²) >= 11 is 0. The third-order valence-electron chi connectivity index (χ3n) is 6.65. The lowest BCUT2D eigenvalue weighted by Gasteiger charge is -2.06. The van der Waals surface area contributed by atoms with Gasteiger partial charge in [0.05, 0.1) is 40.5 Å². The number of rotatable bonds is 5. The Morgan fingerprint density at radius 1 is 0.974 bits per heavy atom. The summed E-state index contributed by atoms with van der Waals surface area (Å²) in [7, 11) is 0. The number of benzene rings is 1. The van der Waals surface area contributed by atoms with Gasteiger partial charge in [0, 0.05) is 40.9 Å². The maximum Gasteiger partial charge on any atom is 0.227 e. The second kappa shape index (κ2) is 8.48. The Morgan fingerprint density at radius 3 is 2.68 bits per heavy atom. The number of anilines is 1. The molecule has 0 bridgehead atoms. The van der Waals surface area contributed by atoms with Gasteiger partial charge < -0.3 is 15.4 Å². The van der Waals surface area contributed by atoms with E-state index in [1.165, 1.54) is 12.1 Å². The van der Waals surface area contributed by atoms with E-state index in [0.717, 1.165) is 40.9 Å². The molecule has 0 radical (unpaired) electrons. The van der Waals surface area contributed by atoms with Gasteiger partial charge in [-0.2, -0.15) is 5.10 Å². The SMILES string of the molecule is O=C(Nc1cncc(-c2ccc3[nH]nc(-c4cc5c(-c6cc(O)cc(F)c6)cncc5[nH]4)c3n2)c1)C1CC1. The fraction of sp³-hybridized carbons (Fsp3) is 0.107. The van der Waals surface area contributed by atoms with Crippen LogP contribution in [0.15, 0.2) is 67.3 Å². The Kier molecular flexibility index (Phi) is 4.93. The number of carbonyl (C=O) groups excluding carboxylic acids is 1. The Balaban J connectivity index is 1.29. The number of pyridine rings is 3. The molecule has 7 rings (SSSR count). The molecular formula is C28H20FN7O2. The molecule has 6 aromatic rings. The van der Waals surface area contributed by atoms with E-state index in [9.17, 15) is 14.3 Å². The number of H-pyrrole nitrogens is 2. The van der Waals surface area contributed by atoms with Crippen molar-refractivity contribution in [1.82, 2.24) is 30.1 Å². The van der Waals surface area contributed by atoms with Crippen molar-refractivity contribution < 1.29 is 14.3 Å². The van der Waals surface area contributed by atoms with Gasteiger partial charge in [-0.3, -0.25) is 19.9 Å². The summed E-state index contributed by atoms with van der Waals surface area (Å²) in [6, 6.07) is 11.5. The highest BCUT2D eigenvalue weighted by Crippen LogP contribution is 2.35. The molecule has 0 saturated heterocycles. The molecule has 0 aliphatic heterocycles. The average molecular weight is 506 g/mol. The van der Waals surface area contributed by atoms with Crippen molar-refractivity contribution in [3.05, 3.63) is 73.1 Å². The smallest absolute Gasteiger partial charge is 0.227 e. The summed E-state index contributed by atoms with van der Waals surface area (Å²) in [5, 5.41) is 21.1. The van der Waals surface area contributed by atoms with Crippen molar-refractivity contribution in [3.8, 4) is 39.5 Å². The summed E-state index contributed by atoms with van der Waals surface area (Å²) in [5.74, 6) is -0.576. The van der Waals surface area contributed by atoms with E-state index in [1.807, 2.05) is 24.3 Å². The van der Waals surface area contributed by atoms with Crippen LogP contribution in [-0.2, 0) is 4.79 Å². The maximum atomic E-state index is 14.0. The zero-order valence-electron chi connectivity index (χ0n) is 19.9. The van der Waals surface area contributed by atoms with E-state index in [4.69, 9.17) is 4.98 Å². The summed E-state index contributed by atoms with van der Waals surface area (Å²) in [5.41, 5.74) is 6.71. The number of fused-ring (bicyclic) bond motifs is 2. The lowest BCUT2D eigenvalue weighted by atomic mass is 10.0. The highest BCUT2D eigenvalue weighted by molar-refractivity contribution is 6.00. The number of nitrogens with zero attached hydrogens (tertiary/aromatic N) is 4. The minimum absolute atomic E-state index is 0.0191. The molecule has 9 nitrogen and oxygen atoms in total. The average Bonchev–Trinajstić information content (AvgIpc) is 3.54. The van der Waals surface area contributed by atoms with Gasteiger partial charge in [-0.25, -0.2) is 9.37 Å². The first-order valence-corrected chi connectivity index (χ1v) is 12.1. The number of aromatic hydroxyl groups is 1. The number of carbonyl (C=O) groups is 1. The zero-order valence-corrected chi connectivity index (χ0v) is 19.9.